The van der Waals surface area contributed by atoms with Crippen molar-refractivity contribution in [2.24, 2.45) is 0 Å². The van der Waals surface area contributed by atoms with Crippen molar-refractivity contribution >= 4 is 11.6 Å². The Labute approximate surface area is 124 Å². The van der Waals surface area contributed by atoms with Gasteiger partial charge in [-0.1, -0.05) is 24.6 Å². The molecule has 0 radical (unpaired) electrons. The lowest BCUT2D eigenvalue weighted by atomic mass is 10.1. The molecule has 0 saturated heterocycles. The summed E-state index contributed by atoms with van der Waals surface area (Å²) >= 11 is 5.95. The Morgan fingerprint density at radius 1 is 1.30 bits per heavy atom. The fraction of sp³-hybridized carbons (Fsp3) is 0.333. The second kappa shape index (κ2) is 7.82. The molecular formula is C15H18ClN3O. The molecular weight excluding hydrogens is 274 g/mol. The van der Waals surface area contributed by atoms with Crippen molar-refractivity contribution in [1.29, 1.82) is 0 Å². The first-order chi connectivity index (χ1) is 9.79. The maximum absolute atomic E-state index is 5.95. The second-order valence-corrected chi connectivity index (χ2v) is 4.88. The highest BCUT2D eigenvalue weighted by atomic mass is 35.5. The number of nitrogens with zero attached hydrogens (tertiary/aromatic N) is 2. The van der Waals surface area contributed by atoms with Crippen molar-refractivity contribution in [2.75, 3.05) is 13.2 Å². The molecule has 1 heterocycles. The molecule has 0 spiro atoms. The molecule has 1 N–H and O–H groups in total. The molecule has 1 aromatic heterocycles. The highest BCUT2D eigenvalue weighted by Crippen LogP contribution is 2.19. The maximum atomic E-state index is 5.95. The number of rotatable bonds is 7. The van der Waals surface area contributed by atoms with Gasteiger partial charge >= 0.3 is 0 Å². The van der Waals surface area contributed by atoms with Gasteiger partial charge in [0.05, 0.1) is 6.04 Å². The van der Waals surface area contributed by atoms with Crippen LogP contribution in [0.15, 0.2) is 43.0 Å². The van der Waals surface area contributed by atoms with Crippen LogP contribution in [0.25, 0.3) is 0 Å². The van der Waals surface area contributed by atoms with E-state index in [9.17, 15) is 0 Å². The fourth-order valence-corrected chi connectivity index (χ4v) is 2.00. The summed E-state index contributed by atoms with van der Waals surface area (Å²) < 4.78 is 5.80. The molecule has 0 bridgehead atoms. The molecule has 0 aliphatic heterocycles. The van der Waals surface area contributed by atoms with Gasteiger partial charge in [-0.25, -0.2) is 9.97 Å². The molecule has 0 fully saturated rings. The molecule has 0 saturated carbocycles. The zero-order valence-corrected chi connectivity index (χ0v) is 12.2. The average molecular weight is 292 g/mol. The van der Waals surface area contributed by atoms with Crippen LogP contribution in [0, 0.1) is 0 Å². The van der Waals surface area contributed by atoms with Crippen molar-refractivity contribution in [2.45, 2.75) is 19.4 Å². The van der Waals surface area contributed by atoms with E-state index < -0.39 is 0 Å². The fourth-order valence-electron chi connectivity index (χ4n) is 1.82. The van der Waals surface area contributed by atoms with Crippen molar-refractivity contribution in [1.82, 2.24) is 15.3 Å². The van der Waals surface area contributed by atoms with E-state index in [0.717, 1.165) is 24.3 Å². The quantitative estimate of drug-likeness (QED) is 0.851. The van der Waals surface area contributed by atoms with Crippen LogP contribution in [0.5, 0.6) is 5.75 Å². The Bertz CT molecular complexity index is 522. The number of benzene rings is 1. The largest absolute Gasteiger partial charge is 0.492 e. The van der Waals surface area contributed by atoms with Crippen molar-refractivity contribution in [3.8, 4) is 5.75 Å². The Kier molecular flexibility index (Phi) is 5.77. The third-order valence-corrected chi connectivity index (χ3v) is 3.07. The lowest BCUT2D eigenvalue weighted by Gasteiger charge is -2.19. The molecule has 1 unspecified atom stereocenters. The van der Waals surface area contributed by atoms with E-state index in [1.54, 1.807) is 6.07 Å². The zero-order chi connectivity index (χ0) is 14.2. The summed E-state index contributed by atoms with van der Waals surface area (Å²) in [5.74, 6) is 0.762. The van der Waals surface area contributed by atoms with Gasteiger partial charge in [-0.15, -0.1) is 0 Å². The average Bonchev–Trinajstić information content (AvgIpc) is 2.48. The highest BCUT2D eigenvalue weighted by molar-refractivity contribution is 6.30. The van der Waals surface area contributed by atoms with E-state index in [2.05, 4.69) is 22.2 Å². The van der Waals surface area contributed by atoms with E-state index in [0.29, 0.717) is 11.6 Å². The summed E-state index contributed by atoms with van der Waals surface area (Å²) in [4.78, 5) is 8.11. The molecule has 1 aromatic carbocycles. The monoisotopic (exact) mass is 291 g/mol. The van der Waals surface area contributed by atoms with Gasteiger partial charge in [0.1, 0.15) is 18.7 Å². The first kappa shape index (κ1) is 14.8. The van der Waals surface area contributed by atoms with Gasteiger partial charge in [0.15, 0.2) is 0 Å². The lowest BCUT2D eigenvalue weighted by Crippen LogP contribution is -2.27. The number of halogens is 1. The van der Waals surface area contributed by atoms with Crippen LogP contribution in [-0.2, 0) is 0 Å². The van der Waals surface area contributed by atoms with Crippen molar-refractivity contribution in [3.63, 3.8) is 0 Å². The van der Waals surface area contributed by atoms with E-state index in [1.165, 1.54) is 6.33 Å². The number of nitrogens with one attached hydrogen (secondary N) is 1. The lowest BCUT2D eigenvalue weighted by molar-refractivity contribution is 0.266. The van der Waals surface area contributed by atoms with Gasteiger partial charge in [-0.05, 0) is 31.2 Å². The molecule has 4 nitrogen and oxygen atoms in total. The predicted octanol–water partition coefficient (Wildman–Crippen LogP) is 3.25. The smallest absolute Gasteiger partial charge is 0.120 e. The Balaban J connectivity index is 2.01. The van der Waals surface area contributed by atoms with E-state index >= 15 is 0 Å². The molecule has 20 heavy (non-hydrogen) atoms. The minimum atomic E-state index is 0.0649. The van der Waals surface area contributed by atoms with Crippen molar-refractivity contribution < 1.29 is 4.74 Å². The molecule has 0 amide bonds. The van der Waals surface area contributed by atoms with E-state index in [4.69, 9.17) is 16.3 Å². The Hall–Kier alpha value is -1.65. The number of hydrogen-bond acceptors (Lipinski definition) is 4. The Morgan fingerprint density at radius 2 is 2.10 bits per heavy atom. The van der Waals surface area contributed by atoms with Gasteiger partial charge in [-0.3, -0.25) is 0 Å². The summed E-state index contributed by atoms with van der Waals surface area (Å²) in [5.41, 5.74) is 1.02. The maximum Gasteiger partial charge on any atom is 0.120 e. The summed E-state index contributed by atoms with van der Waals surface area (Å²) in [6, 6.07) is 7.46. The Morgan fingerprint density at radius 3 is 2.80 bits per heavy atom. The SMILES string of the molecule is CCCNC(COc1cccc(Cl)c1)c1cncnc1. The second-order valence-electron chi connectivity index (χ2n) is 4.45. The van der Waals surface area contributed by atoms with Crippen LogP contribution in [0.4, 0.5) is 0 Å². The molecule has 1 atom stereocenters. The minimum Gasteiger partial charge on any atom is -0.492 e. The standard InChI is InChI=1S/C15H18ClN3O/c1-2-6-19-15(12-8-17-11-18-9-12)10-20-14-5-3-4-13(16)7-14/h3-5,7-9,11,15,19H,2,6,10H2,1H3. The first-order valence-electron chi connectivity index (χ1n) is 6.66. The summed E-state index contributed by atoms with van der Waals surface area (Å²) in [7, 11) is 0. The topological polar surface area (TPSA) is 47.0 Å². The van der Waals surface area contributed by atoms with Crippen molar-refractivity contribution in [3.05, 3.63) is 53.6 Å². The molecule has 0 aliphatic rings. The third-order valence-electron chi connectivity index (χ3n) is 2.84. The molecule has 106 valence electrons. The van der Waals surface area contributed by atoms with Gasteiger partial charge in [-0.2, -0.15) is 0 Å². The van der Waals surface area contributed by atoms with Crippen LogP contribution < -0.4 is 10.1 Å². The summed E-state index contributed by atoms with van der Waals surface area (Å²) in [6.45, 7) is 3.55. The molecule has 2 aromatic rings. The van der Waals surface area contributed by atoms with Gasteiger partial charge in [0, 0.05) is 23.0 Å². The normalized spacial score (nSPS) is 12.1. The van der Waals surface area contributed by atoms with E-state index in [1.807, 2.05) is 30.6 Å². The number of hydrogen-bond donors (Lipinski definition) is 1. The van der Waals surface area contributed by atoms with Crippen LogP contribution >= 0.6 is 11.6 Å². The van der Waals surface area contributed by atoms with Gasteiger partial charge in [0.25, 0.3) is 0 Å². The third kappa shape index (κ3) is 4.47. The van der Waals surface area contributed by atoms with Crippen LogP contribution in [0.3, 0.4) is 0 Å². The number of aromatic nitrogens is 2. The summed E-state index contributed by atoms with van der Waals surface area (Å²) in [5, 5.41) is 4.10. The van der Waals surface area contributed by atoms with Crippen LogP contribution in [-0.4, -0.2) is 23.1 Å². The predicted molar refractivity (Wildman–Crippen MR) is 80.0 cm³/mol. The highest BCUT2D eigenvalue weighted by Gasteiger charge is 2.12. The van der Waals surface area contributed by atoms with Crippen LogP contribution in [0.1, 0.15) is 24.9 Å². The molecule has 5 heteroatoms. The number of ether oxygens (including phenoxy) is 1. The van der Waals surface area contributed by atoms with Gasteiger partial charge in [0.2, 0.25) is 0 Å². The minimum absolute atomic E-state index is 0.0649. The summed E-state index contributed by atoms with van der Waals surface area (Å²) in [6.07, 6.45) is 6.20. The van der Waals surface area contributed by atoms with Crippen LogP contribution in [0.2, 0.25) is 5.02 Å². The molecule has 2 rings (SSSR count). The molecule has 0 aliphatic carbocycles. The van der Waals surface area contributed by atoms with Gasteiger partial charge < -0.3 is 10.1 Å². The zero-order valence-electron chi connectivity index (χ0n) is 11.4. The first-order valence-corrected chi connectivity index (χ1v) is 7.04. The van der Waals surface area contributed by atoms with E-state index in [-0.39, 0.29) is 6.04 Å².